The van der Waals surface area contributed by atoms with E-state index in [1.165, 1.54) is 0 Å². The summed E-state index contributed by atoms with van der Waals surface area (Å²) in [5.41, 5.74) is 2.43. The van der Waals surface area contributed by atoms with Gasteiger partial charge in [0.2, 0.25) is 0 Å². The Bertz CT molecular complexity index is 747. The maximum atomic E-state index is 11.6. The highest BCUT2D eigenvalue weighted by molar-refractivity contribution is 5.95. The summed E-state index contributed by atoms with van der Waals surface area (Å²) < 4.78 is 0. The fourth-order valence-electron chi connectivity index (χ4n) is 3.09. The molecule has 1 heterocycles. The first-order valence-electron chi connectivity index (χ1n) is 9.24. The van der Waals surface area contributed by atoms with Gasteiger partial charge in [0.1, 0.15) is 5.82 Å². The van der Waals surface area contributed by atoms with Crippen LogP contribution in [0.5, 0.6) is 0 Å². The summed E-state index contributed by atoms with van der Waals surface area (Å²) in [4.78, 5) is 23.2. The third-order valence-electron chi connectivity index (χ3n) is 4.38. The van der Waals surface area contributed by atoms with Crippen LogP contribution in [-0.2, 0) is 0 Å². The van der Waals surface area contributed by atoms with Gasteiger partial charge in [-0.3, -0.25) is 9.69 Å². The quantitative estimate of drug-likeness (QED) is 0.721. The molecule has 5 heteroatoms. The zero-order valence-corrected chi connectivity index (χ0v) is 16.7. The van der Waals surface area contributed by atoms with Crippen LogP contribution in [-0.4, -0.2) is 45.8 Å². The Morgan fingerprint density at radius 2 is 1.81 bits per heavy atom. The van der Waals surface area contributed by atoms with Crippen LogP contribution in [0.25, 0.3) is 11.4 Å². The smallest absolute Gasteiger partial charge is 0.161 e. The van der Waals surface area contributed by atoms with E-state index < -0.39 is 0 Å². The number of hydrogen-bond acceptors (Lipinski definition) is 5. The van der Waals surface area contributed by atoms with Crippen LogP contribution in [0.1, 0.15) is 50.7 Å². The zero-order valence-electron chi connectivity index (χ0n) is 16.7. The van der Waals surface area contributed by atoms with E-state index in [2.05, 4.69) is 47.9 Å². The molecule has 0 amide bonds. The van der Waals surface area contributed by atoms with E-state index in [1.807, 2.05) is 37.3 Å². The summed E-state index contributed by atoms with van der Waals surface area (Å²) in [6.07, 6.45) is 0. The highest BCUT2D eigenvalue weighted by Crippen LogP contribution is 2.19. The predicted octanol–water partition coefficient (Wildman–Crippen LogP) is 4.19. The van der Waals surface area contributed by atoms with Crippen molar-refractivity contribution in [1.29, 1.82) is 0 Å². The minimum absolute atomic E-state index is 0.0420. The lowest BCUT2D eigenvalue weighted by atomic mass is 10.1. The second-order valence-electron chi connectivity index (χ2n) is 7.21. The molecule has 140 valence electrons. The Balaban J connectivity index is 2.15. The largest absolute Gasteiger partial charge is 0.369 e. The van der Waals surface area contributed by atoms with Gasteiger partial charge in [-0.05, 0) is 47.6 Å². The van der Waals surface area contributed by atoms with E-state index in [9.17, 15) is 4.79 Å². The molecular weight excluding hydrogens is 324 g/mol. The first kappa shape index (κ1) is 20.0. The molecule has 0 unspecified atom stereocenters. The Kier molecular flexibility index (Phi) is 6.86. The molecule has 5 nitrogen and oxygen atoms in total. The summed E-state index contributed by atoms with van der Waals surface area (Å²) in [5.74, 6) is 1.49. The molecule has 0 fully saturated rings. The van der Waals surface area contributed by atoms with Crippen LogP contribution >= 0.6 is 0 Å². The fraction of sp³-hybridized carbons (Fsp3) is 0.476. The number of aromatic nitrogens is 2. The van der Waals surface area contributed by atoms with Crippen molar-refractivity contribution in [2.24, 2.45) is 0 Å². The van der Waals surface area contributed by atoms with Crippen molar-refractivity contribution >= 4 is 11.6 Å². The topological polar surface area (TPSA) is 58.1 Å². The number of ketones is 1. The third-order valence-corrected chi connectivity index (χ3v) is 4.38. The summed E-state index contributed by atoms with van der Waals surface area (Å²) in [5, 5.41) is 3.41. The lowest BCUT2D eigenvalue weighted by Crippen LogP contribution is -2.40. The Morgan fingerprint density at radius 1 is 1.12 bits per heavy atom. The second kappa shape index (κ2) is 8.90. The summed E-state index contributed by atoms with van der Waals surface area (Å²) in [7, 11) is 0. The predicted molar refractivity (Wildman–Crippen MR) is 108 cm³/mol. The van der Waals surface area contributed by atoms with E-state index in [4.69, 9.17) is 0 Å². The molecule has 0 radical (unpaired) electrons. The highest BCUT2D eigenvalue weighted by atomic mass is 16.1. The van der Waals surface area contributed by atoms with Crippen LogP contribution in [0.15, 0.2) is 30.3 Å². The fourth-order valence-corrected chi connectivity index (χ4v) is 3.09. The zero-order chi connectivity index (χ0) is 19.3. The van der Waals surface area contributed by atoms with E-state index in [0.717, 1.165) is 30.2 Å². The second-order valence-corrected chi connectivity index (χ2v) is 7.21. The van der Waals surface area contributed by atoms with Gasteiger partial charge < -0.3 is 5.32 Å². The van der Waals surface area contributed by atoms with Crippen LogP contribution in [0, 0.1) is 6.92 Å². The van der Waals surface area contributed by atoms with Crippen molar-refractivity contribution < 1.29 is 4.79 Å². The van der Waals surface area contributed by atoms with Gasteiger partial charge in [0.25, 0.3) is 0 Å². The first-order valence-corrected chi connectivity index (χ1v) is 9.24. The van der Waals surface area contributed by atoms with Gasteiger partial charge in [0.15, 0.2) is 11.6 Å². The van der Waals surface area contributed by atoms with Gasteiger partial charge in [0, 0.05) is 48.1 Å². The van der Waals surface area contributed by atoms with Crippen molar-refractivity contribution in [3.05, 3.63) is 41.6 Å². The van der Waals surface area contributed by atoms with Crippen molar-refractivity contribution in [2.75, 3.05) is 18.4 Å². The molecular formula is C21H30N4O. The Labute approximate surface area is 156 Å². The highest BCUT2D eigenvalue weighted by Gasteiger charge is 2.13. The van der Waals surface area contributed by atoms with E-state index in [1.54, 1.807) is 6.92 Å². The van der Waals surface area contributed by atoms with Crippen LogP contribution in [0.2, 0.25) is 0 Å². The number of carbonyl (C=O) groups excluding carboxylic acids is 1. The van der Waals surface area contributed by atoms with Crippen molar-refractivity contribution in [1.82, 2.24) is 14.9 Å². The van der Waals surface area contributed by atoms with E-state index in [-0.39, 0.29) is 5.78 Å². The minimum atomic E-state index is 0.0420. The number of nitrogens with one attached hydrogen (secondary N) is 1. The van der Waals surface area contributed by atoms with Crippen molar-refractivity contribution in [2.45, 2.75) is 53.6 Å². The number of rotatable bonds is 8. The van der Waals surface area contributed by atoms with E-state index in [0.29, 0.717) is 23.5 Å². The Morgan fingerprint density at radius 3 is 2.42 bits per heavy atom. The molecule has 1 aromatic heterocycles. The molecule has 2 rings (SSSR count). The van der Waals surface area contributed by atoms with Gasteiger partial charge in [-0.25, -0.2) is 9.97 Å². The lowest BCUT2D eigenvalue weighted by Gasteiger charge is -2.30. The molecule has 0 saturated carbocycles. The first-order chi connectivity index (χ1) is 12.3. The normalized spacial score (nSPS) is 11.4. The van der Waals surface area contributed by atoms with Gasteiger partial charge in [-0.1, -0.05) is 18.2 Å². The molecule has 0 saturated heterocycles. The monoisotopic (exact) mass is 354 g/mol. The molecule has 0 atom stereocenters. The molecule has 1 aromatic carbocycles. The van der Waals surface area contributed by atoms with Gasteiger partial charge >= 0.3 is 0 Å². The van der Waals surface area contributed by atoms with Crippen molar-refractivity contribution in [3.63, 3.8) is 0 Å². The van der Waals surface area contributed by atoms with Crippen LogP contribution in [0.3, 0.4) is 0 Å². The Hall–Kier alpha value is -2.27. The van der Waals surface area contributed by atoms with E-state index >= 15 is 0 Å². The molecule has 0 aliphatic rings. The summed E-state index contributed by atoms with van der Waals surface area (Å²) >= 11 is 0. The molecule has 1 N–H and O–H groups in total. The molecule has 0 bridgehead atoms. The van der Waals surface area contributed by atoms with Crippen molar-refractivity contribution in [3.8, 4) is 11.4 Å². The number of nitrogens with zero attached hydrogens (tertiary/aromatic N) is 3. The SMILES string of the molecule is CC(=O)c1cccc(-c2nc(C)cc(NCCN(C(C)C)C(C)C)n2)c1. The van der Waals surface area contributed by atoms with Gasteiger partial charge in [0.05, 0.1) is 0 Å². The number of anilines is 1. The summed E-state index contributed by atoms with van der Waals surface area (Å²) in [6, 6.07) is 10.4. The standard InChI is InChI=1S/C21H30N4O/c1-14(2)25(15(3)4)11-10-22-20-12-16(5)23-21(24-20)19-9-7-8-18(13-19)17(6)26/h7-9,12-15H,10-11H2,1-6H3,(H,22,23,24). The number of Topliss-reactive ketones (excluding diaryl/α,β-unsaturated/α-hetero) is 1. The third kappa shape index (κ3) is 5.36. The number of carbonyl (C=O) groups is 1. The summed E-state index contributed by atoms with van der Waals surface area (Å²) in [6.45, 7) is 14.2. The number of benzene rings is 1. The maximum Gasteiger partial charge on any atom is 0.161 e. The molecule has 2 aromatic rings. The number of hydrogen-bond donors (Lipinski definition) is 1. The molecule has 0 spiro atoms. The molecule has 0 aliphatic carbocycles. The average Bonchev–Trinajstić information content (AvgIpc) is 2.57. The molecule has 0 aliphatic heterocycles. The van der Waals surface area contributed by atoms with Gasteiger partial charge in [-0.2, -0.15) is 0 Å². The molecule has 26 heavy (non-hydrogen) atoms. The average molecular weight is 354 g/mol. The van der Waals surface area contributed by atoms with Crippen LogP contribution < -0.4 is 5.32 Å². The van der Waals surface area contributed by atoms with Crippen LogP contribution in [0.4, 0.5) is 5.82 Å². The van der Waals surface area contributed by atoms with Gasteiger partial charge in [-0.15, -0.1) is 0 Å². The lowest BCUT2D eigenvalue weighted by molar-refractivity contribution is 0.101. The minimum Gasteiger partial charge on any atom is -0.369 e. The maximum absolute atomic E-state index is 11.6. The number of aryl methyl sites for hydroxylation is 1.